The van der Waals surface area contributed by atoms with Crippen molar-refractivity contribution >= 4 is 15.7 Å². The molecule has 152 valence electrons. The van der Waals surface area contributed by atoms with Crippen molar-refractivity contribution in [1.82, 2.24) is 4.90 Å². The van der Waals surface area contributed by atoms with E-state index < -0.39 is 26.8 Å². The molecule has 0 spiro atoms. The van der Waals surface area contributed by atoms with Crippen LogP contribution < -0.4 is 0 Å². The van der Waals surface area contributed by atoms with Crippen molar-refractivity contribution < 1.29 is 30.8 Å². The molecule has 28 heavy (non-hydrogen) atoms. The standard InChI is InChI=1S/C19H20F3NO4S/c20-19(21,22)15-6-3-14(4-7-15)5-8-18(24)23-10-9-17(12-23)28(25,26)13-16-2-1-11-27-16/h1-4,6-7,11,17H,5,8-10,12-13H2/t17-/m1/s1. The first-order valence-corrected chi connectivity index (χ1v) is 10.5. The van der Waals surface area contributed by atoms with Gasteiger partial charge in [0.05, 0.1) is 17.1 Å². The molecule has 1 aromatic carbocycles. The number of nitrogens with zero attached hydrogens (tertiary/aromatic N) is 1. The summed E-state index contributed by atoms with van der Waals surface area (Å²) in [6, 6.07) is 7.92. The van der Waals surface area contributed by atoms with E-state index in [-0.39, 0.29) is 24.6 Å². The molecule has 0 bridgehead atoms. The lowest BCUT2D eigenvalue weighted by Gasteiger charge is -2.17. The molecular weight excluding hydrogens is 395 g/mol. The number of hydrogen-bond donors (Lipinski definition) is 0. The monoisotopic (exact) mass is 415 g/mol. The third-order valence-electron chi connectivity index (χ3n) is 4.84. The lowest BCUT2D eigenvalue weighted by Crippen LogP contribution is -2.32. The summed E-state index contributed by atoms with van der Waals surface area (Å²) in [5.41, 5.74) is -0.103. The van der Waals surface area contributed by atoms with Crippen molar-refractivity contribution in [2.45, 2.75) is 36.4 Å². The highest BCUT2D eigenvalue weighted by molar-refractivity contribution is 7.91. The maximum absolute atomic E-state index is 12.6. The predicted octanol–water partition coefficient (Wildman–Crippen LogP) is 3.45. The molecular formula is C19H20F3NO4S. The number of aryl methyl sites for hydroxylation is 1. The van der Waals surface area contributed by atoms with Crippen LogP contribution in [0, 0.1) is 0 Å². The number of furan rings is 1. The number of benzene rings is 1. The van der Waals surface area contributed by atoms with Crippen LogP contribution in [0.5, 0.6) is 0 Å². The number of hydrogen-bond acceptors (Lipinski definition) is 4. The fourth-order valence-corrected chi connectivity index (χ4v) is 4.90. The van der Waals surface area contributed by atoms with Crippen molar-refractivity contribution in [2.24, 2.45) is 0 Å². The zero-order valence-electron chi connectivity index (χ0n) is 15.0. The van der Waals surface area contributed by atoms with Gasteiger partial charge in [0.2, 0.25) is 5.91 Å². The molecule has 2 aromatic rings. The Morgan fingerprint density at radius 1 is 1.18 bits per heavy atom. The van der Waals surface area contributed by atoms with Gasteiger partial charge in [-0.3, -0.25) is 4.79 Å². The highest BCUT2D eigenvalue weighted by Crippen LogP contribution is 2.29. The molecule has 0 saturated carbocycles. The first-order valence-electron chi connectivity index (χ1n) is 8.83. The van der Waals surface area contributed by atoms with Crippen LogP contribution in [0.3, 0.4) is 0 Å². The van der Waals surface area contributed by atoms with Crippen molar-refractivity contribution in [1.29, 1.82) is 0 Å². The van der Waals surface area contributed by atoms with Crippen molar-refractivity contribution in [2.75, 3.05) is 13.1 Å². The van der Waals surface area contributed by atoms with E-state index in [0.717, 1.165) is 12.1 Å². The van der Waals surface area contributed by atoms with Crippen molar-refractivity contribution in [3.63, 3.8) is 0 Å². The molecule has 1 aromatic heterocycles. The van der Waals surface area contributed by atoms with Crippen LogP contribution in [0.2, 0.25) is 0 Å². The quantitative estimate of drug-likeness (QED) is 0.725. The maximum Gasteiger partial charge on any atom is 0.416 e. The van der Waals surface area contributed by atoms with Gasteiger partial charge in [0, 0.05) is 19.5 Å². The second kappa shape index (κ2) is 7.98. The highest BCUT2D eigenvalue weighted by Gasteiger charge is 2.35. The van der Waals surface area contributed by atoms with Crippen LogP contribution in [-0.2, 0) is 33.0 Å². The number of halogens is 3. The van der Waals surface area contributed by atoms with E-state index in [1.54, 1.807) is 12.1 Å². The molecule has 2 heterocycles. The number of alkyl halides is 3. The van der Waals surface area contributed by atoms with E-state index in [9.17, 15) is 26.4 Å². The number of amides is 1. The Labute approximate surface area is 161 Å². The SMILES string of the molecule is O=C(CCc1ccc(C(F)(F)F)cc1)N1CC[C@@H](S(=O)(=O)Cc2ccco2)C1. The Morgan fingerprint density at radius 2 is 1.89 bits per heavy atom. The van der Waals surface area contributed by atoms with Gasteiger partial charge in [-0.05, 0) is 42.7 Å². The minimum atomic E-state index is -4.39. The molecule has 1 fully saturated rings. The fourth-order valence-electron chi connectivity index (χ4n) is 3.23. The molecule has 1 saturated heterocycles. The number of carbonyl (C=O) groups is 1. The molecule has 1 aliphatic heterocycles. The Balaban J connectivity index is 1.52. The van der Waals surface area contributed by atoms with Crippen molar-refractivity contribution in [3.8, 4) is 0 Å². The molecule has 9 heteroatoms. The largest absolute Gasteiger partial charge is 0.468 e. The number of sulfone groups is 1. The Bertz CT molecular complexity index is 906. The van der Waals surface area contributed by atoms with E-state index in [1.807, 2.05) is 0 Å². The van der Waals surface area contributed by atoms with Gasteiger partial charge in [0.1, 0.15) is 11.5 Å². The highest BCUT2D eigenvalue weighted by atomic mass is 32.2. The first kappa shape index (κ1) is 20.4. The van der Waals surface area contributed by atoms with Crippen LogP contribution in [0.15, 0.2) is 47.1 Å². The number of carbonyl (C=O) groups excluding carboxylic acids is 1. The molecule has 5 nitrogen and oxygen atoms in total. The summed E-state index contributed by atoms with van der Waals surface area (Å²) in [6.45, 7) is 0.489. The minimum Gasteiger partial charge on any atom is -0.468 e. The molecule has 1 aliphatic rings. The summed E-state index contributed by atoms with van der Waals surface area (Å²) >= 11 is 0. The number of likely N-dealkylation sites (tertiary alicyclic amines) is 1. The summed E-state index contributed by atoms with van der Waals surface area (Å²) in [4.78, 5) is 13.9. The fraction of sp³-hybridized carbons (Fsp3) is 0.421. The smallest absolute Gasteiger partial charge is 0.416 e. The first-order chi connectivity index (χ1) is 13.1. The van der Waals surface area contributed by atoms with Crippen LogP contribution in [0.1, 0.15) is 29.7 Å². The second-order valence-corrected chi connectivity index (χ2v) is 9.11. The summed E-state index contributed by atoms with van der Waals surface area (Å²) in [6.07, 6.45) is -2.18. The van der Waals surface area contributed by atoms with Gasteiger partial charge < -0.3 is 9.32 Å². The van der Waals surface area contributed by atoms with Gasteiger partial charge in [-0.1, -0.05) is 12.1 Å². The van der Waals surface area contributed by atoms with E-state index in [4.69, 9.17) is 4.42 Å². The van der Waals surface area contributed by atoms with Gasteiger partial charge in [-0.2, -0.15) is 13.2 Å². The van der Waals surface area contributed by atoms with Crippen LogP contribution >= 0.6 is 0 Å². The molecule has 3 rings (SSSR count). The molecule has 0 N–H and O–H groups in total. The lowest BCUT2D eigenvalue weighted by molar-refractivity contribution is -0.137. The van der Waals surface area contributed by atoms with E-state index in [0.29, 0.717) is 30.7 Å². The summed E-state index contributed by atoms with van der Waals surface area (Å²) in [7, 11) is -3.43. The van der Waals surface area contributed by atoms with Gasteiger partial charge in [0.25, 0.3) is 0 Å². The Kier molecular flexibility index (Phi) is 5.83. The summed E-state index contributed by atoms with van der Waals surface area (Å²) in [5.74, 6) is -0.0270. The molecule has 0 unspecified atom stereocenters. The minimum absolute atomic E-state index is 0.121. The summed E-state index contributed by atoms with van der Waals surface area (Å²) in [5, 5.41) is -0.632. The predicted molar refractivity (Wildman–Crippen MR) is 96.1 cm³/mol. The molecule has 1 amide bonds. The van der Waals surface area contributed by atoms with Crippen LogP contribution in [0.4, 0.5) is 13.2 Å². The van der Waals surface area contributed by atoms with Gasteiger partial charge in [-0.25, -0.2) is 8.42 Å². The van der Waals surface area contributed by atoms with Gasteiger partial charge >= 0.3 is 6.18 Å². The third kappa shape index (κ3) is 4.95. The zero-order chi connectivity index (χ0) is 20.4. The molecule has 0 aliphatic carbocycles. The molecule has 0 radical (unpaired) electrons. The van der Waals surface area contributed by atoms with E-state index >= 15 is 0 Å². The van der Waals surface area contributed by atoms with Crippen LogP contribution in [0.25, 0.3) is 0 Å². The average Bonchev–Trinajstić information content (AvgIpc) is 3.31. The third-order valence-corrected chi connectivity index (χ3v) is 6.93. The maximum atomic E-state index is 12.6. The van der Waals surface area contributed by atoms with Gasteiger partial charge in [0.15, 0.2) is 9.84 Å². The average molecular weight is 415 g/mol. The van der Waals surface area contributed by atoms with Crippen LogP contribution in [-0.4, -0.2) is 37.6 Å². The van der Waals surface area contributed by atoms with Gasteiger partial charge in [-0.15, -0.1) is 0 Å². The zero-order valence-corrected chi connectivity index (χ0v) is 15.8. The second-order valence-electron chi connectivity index (χ2n) is 6.83. The lowest BCUT2D eigenvalue weighted by atomic mass is 10.1. The number of rotatable bonds is 6. The normalized spacial score (nSPS) is 17.8. The topological polar surface area (TPSA) is 67.6 Å². The van der Waals surface area contributed by atoms with E-state index in [1.165, 1.54) is 23.3 Å². The summed E-state index contributed by atoms with van der Waals surface area (Å²) < 4.78 is 67.8. The Hall–Kier alpha value is -2.29. The van der Waals surface area contributed by atoms with E-state index in [2.05, 4.69) is 0 Å². The van der Waals surface area contributed by atoms with Crippen molar-refractivity contribution in [3.05, 3.63) is 59.5 Å². The molecule has 1 atom stereocenters. The Morgan fingerprint density at radius 3 is 2.50 bits per heavy atom.